The van der Waals surface area contributed by atoms with E-state index in [2.05, 4.69) is 15.3 Å². The first-order chi connectivity index (χ1) is 9.61. The molecule has 0 bridgehead atoms. The summed E-state index contributed by atoms with van der Waals surface area (Å²) >= 11 is 0. The summed E-state index contributed by atoms with van der Waals surface area (Å²) in [6, 6.07) is 11.2. The number of hydrogen-bond donors (Lipinski definition) is 2. The Morgan fingerprint density at radius 2 is 2.00 bits per heavy atom. The Labute approximate surface area is 116 Å². The molecule has 3 rings (SSSR count). The number of benzene rings is 2. The fraction of sp³-hybridized carbons (Fsp3) is 0.188. The van der Waals surface area contributed by atoms with E-state index in [1.165, 1.54) is 6.07 Å². The van der Waals surface area contributed by atoms with Crippen LogP contribution in [0.5, 0.6) is 0 Å². The molecule has 0 spiro atoms. The molecule has 0 aliphatic heterocycles. The van der Waals surface area contributed by atoms with Crippen LogP contribution in [0.4, 0.5) is 10.1 Å². The minimum Gasteiger partial charge on any atom is -0.381 e. The van der Waals surface area contributed by atoms with E-state index in [4.69, 9.17) is 0 Å². The number of H-pyrrole nitrogens is 1. The molecule has 0 unspecified atom stereocenters. The lowest BCUT2D eigenvalue weighted by Gasteiger charge is -2.07. The van der Waals surface area contributed by atoms with E-state index in [1.807, 2.05) is 31.2 Å². The Morgan fingerprint density at radius 3 is 2.80 bits per heavy atom. The number of aryl methyl sites for hydroxylation is 2. The average molecular weight is 269 g/mol. The summed E-state index contributed by atoms with van der Waals surface area (Å²) < 4.78 is 13.2. The molecule has 0 saturated carbocycles. The van der Waals surface area contributed by atoms with Gasteiger partial charge in [-0.1, -0.05) is 12.1 Å². The van der Waals surface area contributed by atoms with E-state index in [-0.39, 0.29) is 5.82 Å². The molecule has 102 valence electrons. The molecule has 0 fully saturated rings. The van der Waals surface area contributed by atoms with Gasteiger partial charge in [-0.05, 0) is 49.2 Å². The standard InChI is InChI=1S/C16H16FN3/c1-10-7-12(3-5-14(10)17)9-18-13-4-6-15-16(8-13)20-11(2)19-15/h3-8,18H,9H2,1-2H3,(H,19,20). The van der Waals surface area contributed by atoms with Gasteiger partial charge in [0.15, 0.2) is 0 Å². The number of rotatable bonds is 3. The van der Waals surface area contributed by atoms with Gasteiger partial charge in [-0.15, -0.1) is 0 Å². The fourth-order valence-corrected chi connectivity index (χ4v) is 2.27. The van der Waals surface area contributed by atoms with Gasteiger partial charge in [-0.3, -0.25) is 0 Å². The molecule has 0 saturated heterocycles. The molecule has 1 aromatic heterocycles. The second-order valence-electron chi connectivity index (χ2n) is 4.99. The van der Waals surface area contributed by atoms with Crippen molar-refractivity contribution in [1.82, 2.24) is 9.97 Å². The highest BCUT2D eigenvalue weighted by Gasteiger charge is 2.02. The van der Waals surface area contributed by atoms with Crippen molar-refractivity contribution in [3.05, 3.63) is 59.2 Å². The smallest absolute Gasteiger partial charge is 0.126 e. The summed E-state index contributed by atoms with van der Waals surface area (Å²) in [7, 11) is 0. The SMILES string of the molecule is Cc1nc2ccc(NCc3ccc(F)c(C)c3)cc2[nH]1. The van der Waals surface area contributed by atoms with Gasteiger partial charge >= 0.3 is 0 Å². The van der Waals surface area contributed by atoms with E-state index >= 15 is 0 Å². The number of imidazole rings is 1. The summed E-state index contributed by atoms with van der Waals surface area (Å²) in [5.74, 6) is 0.745. The zero-order chi connectivity index (χ0) is 14.1. The number of halogens is 1. The van der Waals surface area contributed by atoms with E-state index in [0.717, 1.165) is 28.1 Å². The van der Waals surface area contributed by atoms with Crippen LogP contribution in [-0.4, -0.2) is 9.97 Å². The normalized spacial score (nSPS) is 10.9. The Morgan fingerprint density at radius 1 is 1.15 bits per heavy atom. The van der Waals surface area contributed by atoms with Gasteiger partial charge in [0, 0.05) is 12.2 Å². The van der Waals surface area contributed by atoms with E-state index in [9.17, 15) is 4.39 Å². The van der Waals surface area contributed by atoms with Gasteiger partial charge in [-0.2, -0.15) is 0 Å². The molecule has 0 radical (unpaired) electrons. The molecular weight excluding hydrogens is 253 g/mol. The van der Waals surface area contributed by atoms with E-state index in [1.54, 1.807) is 13.0 Å². The van der Waals surface area contributed by atoms with Crippen LogP contribution in [0.3, 0.4) is 0 Å². The maximum absolute atomic E-state index is 13.2. The third kappa shape index (κ3) is 2.50. The Kier molecular flexibility index (Phi) is 3.14. The van der Waals surface area contributed by atoms with Crippen molar-refractivity contribution in [2.45, 2.75) is 20.4 Å². The first kappa shape index (κ1) is 12.7. The van der Waals surface area contributed by atoms with Crippen molar-refractivity contribution in [1.29, 1.82) is 0 Å². The Bertz CT molecular complexity index is 762. The number of aromatic amines is 1. The zero-order valence-electron chi connectivity index (χ0n) is 11.5. The lowest BCUT2D eigenvalue weighted by Crippen LogP contribution is -2.00. The van der Waals surface area contributed by atoms with Crippen LogP contribution in [0, 0.1) is 19.7 Å². The second-order valence-corrected chi connectivity index (χ2v) is 4.99. The third-order valence-corrected chi connectivity index (χ3v) is 3.32. The highest BCUT2D eigenvalue weighted by atomic mass is 19.1. The first-order valence-electron chi connectivity index (χ1n) is 6.57. The molecule has 1 heterocycles. The number of aromatic nitrogens is 2. The second kappa shape index (κ2) is 4.96. The van der Waals surface area contributed by atoms with Gasteiger partial charge in [0.2, 0.25) is 0 Å². The maximum atomic E-state index is 13.2. The molecule has 2 aromatic carbocycles. The summed E-state index contributed by atoms with van der Waals surface area (Å²) in [4.78, 5) is 7.58. The summed E-state index contributed by atoms with van der Waals surface area (Å²) in [6.07, 6.45) is 0. The van der Waals surface area contributed by atoms with Crippen LogP contribution in [0.15, 0.2) is 36.4 Å². The number of nitrogens with zero attached hydrogens (tertiary/aromatic N) is 1. The van der Waals surface area contributed by atoms with Crippen LogP contribution in [0.2, 0.25) is 0 Å². The number of fused-ring (bicyclic) bond motifs is 1. The van der Waals surface area contributed by atoms with Crippen molar-refractivity contribution in [2.24, 2.45) is 0 Å². The van der Waals surface area contributed by atoms with Crippen molar-refractivity contribution < 1.29 is 4.39 Å². The van der Waals surface area contributed by atoms with Crippen LogP contribution in [-0.2, 0) is 6.54 Å². The largest absolute Gasteiger partial charge is 0.381 e. The Hall–Kier alpha value is -2.36. The fourth-order valence-electron chi connectivity index (χ4n) is 2.27. The van der Waals surface area contributed by atoms with Gasteiger partial charge in [0.25, 0.3) is 0 Å². The zero-order valence-corrected chi connectivity index (χ0v) is 11.5. The first-order valence-corrected chi connectivity index (χ1v) is 6.57. The van der Waals surface area contributed by atoms with Crippen molar-refractivity contribution in [3.8, 4) is 0 Å². The quantitative estimate of drug-likeness (QED) is 0.756. The van der Waals surface area contributed by atoms with Gasteiger partial charge in [0.05, 0.1) is 11.0 Å². The third-order valence-electron chi connectivity index (χ3n) is 3.32. The summed E-state index contributed by atoms with van der Waals surface area (Å²) in [5, 5.41) is 3.34. The number of anilines is 1. The minimum atomic E-state index is -0.164. The highest BCUT2D eigenvalue weighted by molar-refractivity contribution is 5.79. The van der Waals surface area contributed by atoms with E-state index in [0.29, 0.717) is 12.1 Å². The predicted molar refractivity (Wildman–Crippen MR) is 79.3 cm³/mol. The van der Waals surface area contributed by atoms with Crippen molar-refractivity contribution >= 4 is 16.7 Å². The lowest BCUT2D eigenvalue weighted by atomic mass is 10.1. The molecule has 4 heteroatoms. The molecule has 3 aromatic rings. The molecular formula is C16H16FN3. The highest BCUT2D eigenvalue weighted by Crippen LogP contribution is 2.18. The minimum absolute atomic E-state index is 0.164. The van der Waals surface area contributed by atoms with Crippen molar-refractivity contribution in [3.63, 3.8) is 0 Å². The topological polar surface area (TPSA) is 40.7 Å². The van der Waals surface area contributed by atoms with Crippen LogP contribution < -0.4 is 5.32 Å². The van der Waals surface area contributed by atoms with Gasteiger partial charge in [-0.25, -0.2) is 9.37 Å². The molecule has 20 heavy (non-hydrogen) atoms. The molecule has 0 atom stereocenters. The van der Waals surface area contributed by atoms with Gasteiger partial charge < -0.3 is 10.3 Å². The average Bonchev–Trinajstić information content (AvgIpc) is 2.79. The van der Waals surface area contributed by atoms with Crippen LogP contribution >= 0.6 is 0 Å². The Balaban J connectivity index is 1.77. The van der Waals surface area contributed by atoms with E-state index < -0.39 is 0 Å². The molecule has 0 aliphatic carbocycles. The molecule has 0 amide bonds. The van der Waals surface area contributed by atoms with Crippen molar-refractivity contribution in [2.75, 3.05) is 5.32 Å². The summed E-state index contributed by atoms with van der Waals surface area (Å²) in [6.45, 7) is 4.38. The maximum Gasteiger partial charge on any atom is 0.126 e. The number of hydrogen-bond acceptors (Lipinski definition) is 2. The number of nitrogens with one attached hydrogen (secondary N) is 2. The van der Waals surface area contributed by atoms with Crippen LogP contribution in [0.25, 0.3) is 11.0 Å². The monoisotopic (exact) mass is 269 g/mol. The summed E-state index contributed by atoms with van der Waals surface area (Å²) in [5.41, 5.74) is 4.73. The van der Waals surface area contributed by atoms with Gasteiger partial charge in [0.1, 0.15) is 11.6 Å². The lowest BCUT2D eigenvalue weighted by molar-refractivity contribution is 0.617. The predicted octanol–water partition coefficient (Wildman–Crippen LogP) is 3.93. The molecule has 0 aliphatic rings. The molecule has 3 nitrogen and oxygen atoms in total. The van der Waals surface area contributed by atoms with Crippen LogP contribution in [0.1, 0.15) is 17.0 Å². The molecule has 2 N–H and O–H groups in total.